The van der Waals surface area contributed by atoms with Crippen LogP contribution in [-0.4, -0.2) is 29.9 Å². The summed E-state index contributed by atoms with van der Waals surface area (Å²) in [5, 5.41) is 3.15. The lowest BCUT2D eigenvalue weighted by atomic mass is 9.94. The number of carbonyl (C=O) groups is 1. The van der Waals surface area contributed by atoms with Crippen LogP contribution in [0.5, 0.6) is 0 Å². The van der Waals surface area contributed by atoms with Gasteiger partial charge in [0, 0.05) is 11.7 Å². The lowest BCUT2D eigenvalue weighted by molar-refractivity contribution is -0.118. The molecule has 0 aliphatic heterocycles. The molecule has 1 aliphatic rings. The summed E-state index contributed by atoms with van der Waals surface area (Å²) in [7, 11) is 0. The van der Waals surface area contributed by atoms with Crippen LogP contribution in [0.1, 0.15) is 57.1 Å². The van der Waals surface area contributed by atoms with Crippen molar-refractivity contribution in [3.63, 3.8) is 0 Å². The van der Waals surface area contributed by atoms with Crippen molar-refractivity contribution in [1.29, 1.82) is 0 Å². The van der Waals surface area contributed by atoms with Crippen LogP contribution < -0.4 is 5.32 Å². The maximum Gasteiger partial charge on any atom is 0.238 e. The molecule has 0 spiro atoms. The van der Waals surface area contributed by atoms with Gasteiger partial charge in [0.25, 0.3) is 0 Å². The molecule has 1 aromatic rings. The van der Waals surface area contributed by atoms with E-state index in [0.29, 0.717) is 12.6 Å². The van der Waals surface area contributed by atoms with Crippen LogP contribution in [0.15, 0.2) is 18.2 Å². The van der Waals surface area contributed by atoms with Gasteiger partial charge < -0.3 is 5.32 Å². The van der Waals surface area contributed by atoms with Crippen molar-refractivity contribution in [2.45, 2.75) is 65.3 Å². The smallest absolute Gasteiger partial charge is 0.238 e. The lowest BCUT2D eigenvalue weighted by Gasteiger charge is -2.33. The number of nitrogens with zero attached hydrogens (tertiary/aromatic N) is 1. The van der Waals surface area contributed by atoms with E-state index in [2.05, 4.69) is 49.2 Å². The van der Waals surface area contributed by atoms with E-state index in [1.54, 1.807) is 0 Å². The molecule has 1 saturated carbocycles. The van der Waals surface area contributed by atoms with Crippen molar-refractivity contribution in [3.8, 4) is 0 Å². The lowest BCUT2D eigenvalue weighted by Crippen LogP contribution is -2.41. The van der Waals surface area contributed by atoms with E-state index in [-0.39, 0.29) is 5.91 Å². The van der Waals surface area contributed by atoms with Crippen molar-refractivity contribution in [1.82, 2.24) is 4.90 Å². The first kappa shape index (κ1) is 17.0. The summed E-state index contributed by atoms with van der Waals surface area (Å²) in [4.78, 5) is 14.8. The van der Waals surface area contributed by atoms with Crippen LogP contribution in [0.25, 0.3) is 0 Å². The minimum Gasteiger partial charge on any atom is -0.324 e. The summed E-state index contributed by atoms with van der Waals surface area (Å²) in [5.41, 5.74) is 3.37. The summed E-state index contributed by atoms with van der Waals surface area (Å²) in [6.07, 6.45) is 7.39. The summed E-state index contributed by atoms with van der Waals surface area (Å²) in [5.74, 6) is 0.122. The van der Waals surface area contributed by atoms with Gasteiger partial charge in [0.15, 0.2) is 0 Å². The Balaban J connectivity index is 1.99. The SMILES string of the molecule is CCc1cccc(C)c1NC(=O)CN(CC)C1CCCCC1. The second-order valence-electron chi connectivity index (χ2n) is 6.37. The van der Waals surface area contributed by atoms with Crippen molar-refractivity contribution in [2.75, 3.05) is 18.4 Å². The molecule has 1 N–H and O–H groups in total. The average Bonchev–Trinajstić information content (AvgIpc) is 2.55. The molecule has 22 heavy (non-hydrogen) atoms. The summed E-state index contributed by atoms with van der Waals surface area (Å²) in [6, 6.07) is 6.81. The van der Waals surface area contributed by atoms with Crippen LogP contribution in [0.4, 0.5) is 5.69 Å². The number of aryl methyl sites for hydroxylation is 2. The van der Waals surface area contributed by atoms with Gasteiger partial charge in [-0.1, -0.05) is 51.3 Å². The Morgan fingerprint density at radius 3 is 2.59 bits per heavy atom. The van der Waals surface area contributed by atoms with Crippen LogP contribution in [-0.2, 0) is 11.2 Å². The first-order chi connectivity index (χ1) is 10.7. The van der Waals surface area contributed by atoms with Gasteiger partial charge in [-0.25, -0.2) is 0 Å². The van der Waals surface area contributed by atoms with Crippen LogP contribution in [0.2, 0.25) is 0 Å². The zero-order chi connectivity index (χ0) is 15.9. The molecule has 0 bridgehead atoms. The van der Waals surface area contributed by atoms with Crippen molar-refractivity contribution in [2.24, 2.45) is 0 Å². The maximum absolute atomic E-state index is 12.5. The highest BCUT2D eigenvalue weighted by atomic mass is 16.2. The van der Waals surface area contributed by atoms with E-state index in [4.69, 9.17) is 0 Å². The number of nitrogens with one attached hydrogen (secondary N) is 1. The number of para-hydroxylation sites is 1. The summed E-state index contributed by atoms with van der Waals surface area (Å²) >= 11 is 0. The van der Waals surface area contributed by atoms with Crippen LogP contribution in [0.3, 0.4) is 0 Å². The number of anilines is 1. The highest BCUT2D eigenvalue weighted by Crippen LogP contribution is 2.23. The Morgan fingerprint density at radius 2 is 1.95 bits per heavy atom. The maximum atomic E-state index is 12.5. The Bertz CT molecular complexity index is 492. The second kappa shape index (κ2) is 8.33. The molecule has 0 atom stereocenters. The molecule has 122 valence electrons. The molecule has 2 rings (SSSR count). The monoisotopic (exact) mass is 302 g/mol. The van der Waals surface area contributed by atoms with Crippen molar-refractivity contribution >= 4 is 11.6 Å². The number of likely N-dealkylation sites (N-methyl/N-ethyl adjacent to an activating group) is 1. The van der Waals surface area contributed by atoms with Gasteiger partial charge >= 0.3 is 0 Å². The largest absolute Gasteiger partial charge is 0.324 e. The van der Waals surface area contributed by atoms with Gasteiger partial charge in [-0.3, -0.25) is 9.69 Å². The number of rotatable bonds is 6. The topological polar surface area (TPSA) is 32.3 Å². The Hall–Kier alpha value is -1.35. The molecule has 3 nitrogen and oxygen atoms in total. The highest BCUT2D eigenvalue weighted by molar-refractivity contribution is 5.93. The van der Waals surface area contributed by atoms with Gasteiger partial charge in [-0.05, 0) is 43.9 Å². The van der Waals surface area contributed by atoms with E-state index < -0.39 is 0 Å². The first-order valence-electron chi connectivity index (χ1n) is 8.78. The summed E-state index contributed by atoms with van der Waals surface area (Å²) in [6.45, 7) is 7.82. The Labute approximate surface area is 135 Å². The minimum absolute atomic E-state index is 0.122. The minimum atomic E-state index is 0.122. The third-order valence-corrected chi connectivity index (χ3v) is 4.85. The zero-order valence-electron chi connectivity index (χ0n) is 14.3. The number of hydrogen-bond acceptors (Lipinski definition) is 2. The molecule has 1 aromatic carbocycles. The first-order valence-corrected chi connectivity index (χ1v) is 8.78. The molecule has 0 saturated heterocycles. The standard InChI is InChI=1S/C19H30N2O/c1-4-16-11-9-10-15(3)19(16)20-18(22)14-21(5-2)17-12-7-6-8-13-17/h9-11,17H,4-8,12-14H2,1-3H3,(H,20,22). The summed E-state index contributed by atoms with van der Waals surface area (Å²) < 4.78 is 0. The average molecular weight is 302 g/mol. The van der Waals surface area contributed by atoms with E-state index in [0.717, 1.165) is 24.2 Å². The molecular weight excluding hydrogens is 272 g/mol. The molecule has 1 aliphatic carbocycles. The second-order valence-corrected chi connectivity index (χ2v) is 6.37. The van der Waals surface area contributed by atoms with E-state index in [9.17, 15) is 4.79 Å². The molecule has 1 amide bonds. The van der Waals surface area contributed by atoms with E-state index in [1.165, 1.54) is 37.7 Å². The van der Waals surface area contributed by atoms with Crippen LogP contribution in [0, 0.1) is 6.92 Å². The predicted octanol–water partition coefficient (Wildman–Crippen LogP) is 4.15. The van der Waals surface area contributed by atoms with E-state index >= 15 is 0 Å². The predicted molar refractivity (Wildman–Crippen MR) is 93.3 cm³/mol. The third-order valence-electron chi connectivity index (χ3n) is 4.85. The third kappa shape index (κ3) is 4.33. The van der Waals surface area contributed by atoms with Crippen LogP contribution >= 0.6 is 0 Å². The van der Waals surface area contributed by atoms with Gasteiger partial charge in [0.2, 0.25) is 5.91 Å². The molecular formula is C19H30N2O. The Kier molecular flexibility index (Phi) is 6.44. The van der Waals surface area contributed by atoms with Crippen molar-refractivity contribution < 1.29 is 4.79 Å². The van der Waals surface area contributed by atoms with Crippen molar-refractivity contribution in [3.05, 3.63) is 29.3 Å². The van der Waals surface area contributed by atoms with Gasteiger partial charge in [0.1, 0.15) is 0 Å². The number of carbonyl (C=O) groups excluding carboxylic acids is 1. The highest BCUT2D eigenvalue weighted by Gasteiger charge is 2.22. The van der Waals surface area contributed by atoms with E-state index in [1.807, 2.05) is 0 Å². The zero-order valence-corrected chi connectivity index (χ0v) is 14.3. The number of amides is 1. The molecule has 3 heteroatoms. The fraction of sp³-hybridized carbons (Fsp3) is 0.632. The molecule has 0 heterocycles. The fourth-order valence-electron chi connectivity index (χ4n) is 3.51. The number of benzene rings is 1. The van der Waals surface area contributed by atoms with Gasteiger partial charge in [-0.15, -0.1) is 0 Å². The molecule has 1 fully saturated rings. The molecule has 0 unspecified atom stereocenters. The van der Waals surface area contributed by atoms with Gasteiger partial charge in [-0.2, -0.15) is 0 Å². The van der Waals surface area contributed by atoms with Gasteiger partial charge in [0.05, 0.1) is 6.54 Å². The fourth-order valence-corrected chi connectivity index (χ4v) is 3.51. The molecule has 0 aromatic heterocycles. The number of hydrogen-bond donors (Lipinski definition) is 1. The molecule has 0 radical (unpaired) electrons. The quantitative estimate of drug-likeness (QED) is 0.856. The Morgan fingerprint density at radius 1 is 1.23 bits per heavy atom. The normalized spacial score (nSPS) is 16.0.